The lowest BCUT2D eigenvalue weighted by atomic mass is 10.2. The zero-order valence-electron chi connectivity index (χ0n) is 12.3. The van der Waals surface area contributed by atoms with Crippen molar-refractivity contribution in [2.24, 2.45) is 0 Å². The molecule has 2 heterocycles. The van der Waals surface area contributed by atoms with Crippen molar-refractivity contribution in [2.75, 3.05) is 5.32 Å². The number of amides is 1. The van der Waals surface area contributed by atoms with Gasteiger partial charge in [-0.2, -0.15) is 4.98 Å². The molecule has 0 radical (unpaired) electrons. The van der Waals surface area contributed by atoms with E-state index in [-0.39, 0.29) is 23.0 Å². The van der Waals surface area contributed by atoms with Gasteiger partial charge in [-0.1, -0.05) is 36.4 Å². The number of anilines is 1. The van der Waals surface area contributed by atoms with E-state index < -0.39 is 5.56 Å². The minimum atomic E-state index is -0.457. The largest absolute Gasteiger partial charge is 0.296 e. The molecule has 23 heavy (non-hydrogen) atoms. The number of benzene rings is 1. The van der Waals surface area contributed by atoms with Gasteiger partial charge in [-0.25, -0.2) is 9.97 Å². The second-order valence-corrected chi connectivity index (χ2v) is 4.81. The summed E-state index contributed by atoms with van der Waals surface area (Å²) < 4.78 is 0. The summed E-state index contributed by atoms with van der Waals surface area (Å²) in [6.07, 6.45) is 5.16. The van der Waals surface area contributed by atoms with Crippen molar-refractivity contribution in [3.63, 3.8) is 0 Å². The summed E-state index contributed by atoms with van der Waals surface area (Å²) in [5.74, 6) is -0.278. The van der Waals surface area contributed by atoms with E-state index >= 15 is 0 Å². The maximum Gasteiger partial charge on any atom is 0.280 e. The molecule has 0 saturated heterocycles. The average Bonchev–Trinajstić information content (AvgIpc) is 2.53. The van der Waals surface area contributed by atoms with Crippen LogP contribution in [0.25, 0.3) is 23.3 Å². The number of hydrogen-bond acceptors (Lipinski definition) is 5. The van der Waals surface area contributed by atoms with Gasteiger partial charge in [-0.3, -0.25) is 19.9 Å². The molecule has 3 rings (SSSR count). The van der Waals surface area contributed by atoms with Crippen molar-refractivity contribution in [2.45, 2.75) is 6.92 Å². The molecular formula is C16H13N5O2. The summed E-state index contributed by atoms with van der Waals surface area (Å²) in [7, 11) is 0. The molecule has 0 unspecified atom stereocenters. The van der Waals surface area contributed by atoms with Crippen LogP contribution in [0.4, 0.5) is 5.95 Å². The fraction of sp³-hybridized carbons (Fsp3) is 0.0625. The molecule has 0 saturated carbocycles. The van der Waals surface area contributed by atoms with Crippen LogP contribution < -0.4 is 10.9 Å². The van der Waals surface area contributed by atoms with Crippen molar-refractivity contribution < 1.29 is 4.79 Å². The van der Waals surface area contributed by atoms with E-state index in [1.54, 1.807) is 6.08 Å². The van der Waals surface area contributed by atoms with E-state index in [9.17, 15) is 9.59 Å². The topological polar surface area (TPSA) is 101 Å². The monoisotopic (exact) mass is 307 g/mol. The van der Waals surface area contributed by atoms with Crippen LogP contribution in [0.3, 0.4) is 0 Å². The summed E-state index contributed by atoms with van der Waals surface area (Å²) in [5, 5.41) is 2.41. The van der Waals surface area contributed by atoms with E-state index in [1.165, 1.54) is 13.1 Å². The Morgan fingerprint density at radius 2 is 1.96 bits per heavy atom. The number of aromatic nitrogens is 4. The van der Waals surface area contributed by atoms with Gasteiger partial charge < -0.3 is 0 Å². The van der Waals surface area contributed by atoms with Crippen LogP contribution in [0.1, 0.15) is 18.2 Å². The maximum absolute atomic E-state index is 12.0. The molecule has 0 atom stereocenters. The number of carbonyl (C=O) groups is 1. The average molecular weight is 307 g/mol. The molecule has 1 aromatic carbocycles. The fourth-order valence-corrected chi connectivity index (χ4v) is 1.98. The van der Waals surface area contributed by atoms with Crippen LogP contribution >= 0.6 is 0 Å². The van der Waals surface area contributed by atoms with Crippen molar-refractivity contribution in [1.29, 1.82) is 0 Å². The number of nitrogens with one attached hydrogen (secondary N) is 2. The first kappa shape index (κ1) is 14.6. The standard InChI is InChI=1S/C16H13N5O2/c1-10(22)18-16-20-14-13(15(23)21-16)19-12(9-17-14)8-7-11-5-3-2-4-6-11/h2-9H,1H3,(H2,17,18,20,21,22,23). The Balaban J connectivity index is 1.96. The van der Waals surface area contributed by atoms with E-state index in [4.69, 9.17) is 0 Å². The molecule has 2 N–H and O–H groups in total. The lowest BCUT2D eigenvalue weighted by Crippen LogP contribution is -2.17. The van der Waals surface area contributed by atoms with Crippen molar-refractivity contribution >= 4 is 35.2 Å². The number of aromatic amines is 1. The fourth-order valence-electron chi connectivity index (χ4n) is 1.98. The Kier molecular flexibility index (Phi) is 3.92. The molecule has 0 aliphatic rings. The van der Waals surface area contributed by atoms with Crippen LogP contribution in [0.2, 0.25) is 0 Å². The smallest absolute Gasteiger partial charge is 0.280 e. The maximum atomic E-state index is 12.0. The highest BCUT2D eigenvalue weighted by atomic mass is 16.1. The second kappa shape index (κ2) is 6.18. The van der Waals surface area contributed by atoms with Gasteiger partial charge in [0.2, 0.25) is 11.9 Å². The lowest BCUT2D eigenvalue weighted by molar-refractivity contribution is -0.114. The number of rotatable bonds is 3. The quantitative estimate of drug-likeness (QED) is 0.769. The molecule has 1 amide bonds. The number of carbonyl (C=O) groups excluding carboxylic acids is 1. The molecular weight excluding hydrogens is 294 g/mol. The first-order valence-electron chi connectivity index (χ1n) is 6.89. The highest BCUT2D eigenvalue weighted by Gasteiger charge is 2.07. The van der Waals surface area contributed by atoms with Crippen LogP contribution in [0, 0.1) is 0 Å². The molecule has 2 aromatic heterocycles. The second-order valence-electron chi connectivity index (χ2n) is 4.81. The predicted molar refractivity (Wildman–Crippen MR) is 87.6 cm³/mol. The van der Waals surface area contributed by atoms with Crippen LogP contribution in [-0.2, 0) is 4.79 Å². The molecule has 3 aromatic rings. The zero-order chi connectivity index (χ0) is 16.2. The Labute approximate surface area is 131 Å². The third-order valence-electron chi connectivity index (χ3n) is 2.98. The van der Waals surface area contributed by atoms with E-state index in [0.717, 1.165) is 5.56 Å². The summed E-state index contributed by atoms with van der Waals surface area (Å²) in [6, 6.07) is 9.72. The van der Waals surface area contributed by atoms with Gasteiger partial charge >= 0.3 is 0 Å². The van der Waals surface area contributed by atoms with E-state index in [1.807, 2.05) is 36.4 Å². The number of H-pyrrole nitrogens is 1. The molecule has 0 spiro atoms. The van der Waals surface area contributed by atoms with Gasteiger partial charge in [0, 0.05) is 6.92 Å². The molecule has 7 nitrogen and oxygen atoms in total. The normalized spacial score (nSPS) is 11.0. The minimum Gasteiger partial charge on any atom is -0.296 e. The number of nitrogens with zero attached hydrogens (tertiary/aromatic N) is 3. The van der Waals surface area contributed by atoms with Gasteiger partial charge in [0.25, 0.3) is 5.56 Å². The highest BCUT2D eigenvalue weighted by molar-refractivity contribution is 5.87. The van der Waals surface area contributed by atoms with Gasteiger partial charge in [0.1, 0.15) is 0 Å². The first-order chi connectivity index (χ1) is 11.1. The highest BCUT2D eigenvalue weighted by Crippen LogP contribution is 2.08. The molecule has 0 aliphatic heterocycles. The van der Waals surface area contributed by atoms with Crippen molar-refractivity contribution in [3.05, 3.63) is 58.1 Å². The van der Waals surface area contributed by atoms with E-state index in [0.29, 0.717) is 5.69 Å². The van der Waals surface area contributed by atoms with Gasteiger partial charge in [0.05, 0.1) is 11.9 Å². The Morgan fingerprint density at radius 1 is 1.17 bits per heavy atom. The van der Waals surface area contributed by atoms with Crippen LogP contribution in [0.15, 0.2) is 41.3 Å². The van der Waals surface area contributed by atoms with Gasteiger partial charge in [0.15, 0.2) is 11.2 Å². The molecule has 0 fully saturated rings. The summed E-state index contributed by atoms with van der Waals surface area (Å²) in [5.41, 5.74) is 1.40. The number of hydrogen-bond donors (Lipinski definition) is 2. The Bertz CT molecular complexity index is 948. The zero-order valence-corrected chi connectivity index (χ0v) is 12.3. The number of fused-ring (bicyclic) bond motifs is 1. The molecule has 0 bridgehead atoms. The van der Waals surface area contributed by atoms with Gasteiger partial charge in [-0.05, 0) is 11.6 Å². The Morgan fingerprint density at radius 3 is 2.70 bits per heavy atom. The molecule has 114 valence electrons. The lowest BCUT2D eigenvalue weighted by Gasteiger charge is -2.02. The summed E-state index contributed by atoms with van der Waals surface area (Å²) >= 11 is 0. The van der Waals surface area contributed by atoms with Crippen molar-refractivity contribution in [1.82, 2.24) is 19.9 Å². The Hall–Kier alpha value is -3.35. The van der Waals surface area contributed by atoms with Crippen LogP contribution in [-0.4, -0.2) is 25.8 Å². The minimum absolute atomic E-state index is 0.0527. The van der Waals surface area contributed by atoms with E-state index in [2.05, 4.69) is 25.3 Å². The third-order valence-corrected chi connectivity index (χ3v) is 2.98. The SMILES string of the molecule is CC(=O)Nc1nc2ncc(C=Cc3ccccc3)nc2c(=O)[nH]1. The van der Waals surface area contributed by atoms with Crippen molar-refractivity contribution in [3.8, 4) is 0 Å². The molecule has 7 heteroatoms. The van der Waals surface area contributed by atoms with Crippen LogP contribution in [0.5, 0.6) is 0 Å². The summed E-state index contributed by atoms with van der Waals surface area (Å²) in [6.45, 7) is 1.33. The first-order valence-corrected chi connectivity index (χ1v) is 6.89. The molecule has 0 aliphatic carbocycles. The predicted octanol–water partition coefficient (Wildman–Crippen LogP) is 1.84. The third kappa shape index (κ3) is 3.46. The van der Waals surface area contributed by atoms with Gasteiger partial charge in [-0.15, -0.1) is 0 Å². The summed E-state index contributed by atoms with van der Waals surface area (Å²) in [4.78, 5) is 37.9.